The van der Waals surface area contributed by atoms with E-state index in [0.29, 0.717) is 15.3 Å². The van der Waals surface area contributed by atoms with E-state index in [9.17, 15) is 5.21 Å². The van der Waals surface area contributed by atoms with Gasteiger partial charge >= 0.3 is 0 Å². The number of aromatic nitrogens is 1. The molecule has 56 valence electrons. The minimum atomic E-state index is 0.210. The van der Waals surface area contributed by atoms with Crippen LogP contribution in [0.25, 0.3) is 0 Å². The summed E-state index contributed by atoms with van der Waals surface area (Å²) in [5.41, 5.74) is 0.822. The van der Waals surface area contributed by atoms with Gasteiger partial charge in [-0.05, 0) is 6.92 Å². The van der Waals surface area contributed by atoms with Crippen molar-refractivity contribution in [1.82, 2.24) is 0 Å². The normalized spacial score (nSPS) is 9.18. The standard InChI is InChI=1S/C7H5ClN2O/c1-5-3-10(11)4-6(2-9)7(5)8/h3-4H,1H3. The fraction of sp³-hybridized carbons (Fsp3) is 0.143. The second-order valence-electron chi connectivity index (χ2n) is 2.14. The van der Waals surface area contributed by atoms with Crippen LogP contribution in [-0.2, 0) is 0 Å². The molecule has 0 aliphatic carbocycles. The van der Waals surface area contributed by atoms with Gasteiger partial charge in [-0.15, -0.1) is 0 Å². The number of rotatable bonds is 0. The Morgan fingerprint density at radius 1 is 1.64 bits per heavy atom. The van der Waals surface area contributed by atoms with Crippen molar-refractivity contribution < 1.29 is 4.73 Å². The second-order valence-corrected chi connectivity index (χ2v) is 2.52. The number of nitrogens with zero attached hydrogens (tertiary/aromatic N) is 2. The maximum Gasteiger partial charge on any atom is 0.199 e. The number of nitriles is 1. The lowest BCUT2D eigenvalue weighted by Gasteiger charge is -1.99. The molecular formula is C7H5ClN2O. The zero-order valence-electron chi connectivity index (χ0n) is 5.84. The summed E-state index contributed by atoms with van der Waals surface area (Å²) in [6, 6.07) is 1.82. The van der Waals surface area contributed by atoms with E-state index < -0.39 is 0 Å². The van der Waals surface area contributed by atoms with Crippen molar-refractivity contribution >= 4 is 11.6 Å². The number of pyridine rings is 1. The van der Waals surface area contributed by atoms with Crippen LogP contribution in [0, 0.1) is 23.5 Å². The highest BCUT2D eigenvalue weighted by molar-refractivity contribution is 6.32. The minimum absolute atomic E-state index is 0.210. The lowest BCUT2D eigenvalue weighted by molar-refractivity contribution is -0.605. The highest BCUT2D eigenvalue weighted by Crippen LogP contribution is 2.16. The first-order chi connectivity index (χ1) is 5.15. The average molecular weight is 169 g/mol. The summed E-state index contributed by atoms with van der Waals surface area (Å²) < 4.78 is 0.569. The molecule has 0 unspecified atom stereocenters. The van der Waals surface area contributed by atoms with Gasteiger partial charge in [-0.1, -0.05) is 11.6 Å². The molecule has 0 saturated heterocycles. The van der Waals surface area contributed by atoms with Gasteiger partial charge in [-0.2, -0.15) is 9.99 Å². The summed E-state index contributed by atoms with van der Waals surface area (Å²) in [6.07, 6.45) is 2.47. The first-order valence-corrected chi connectivity index (χ1v) is 3.32. The molecule has 0 atom stereocenters. The summed E-state index contributed by atoms with van der Waals surface area (Å²) >= 11 is 5.69. The Morgan fingerprint density at radius 2 is 2.27 bits per heavy atom. The van der Waals surface area contributed by atoms with Crippen LogP contribution in [-0.4, -0.2) is 0 Å². The van der Waals surface area contributed by atoms with E-state index in [1.807, 2.05) is 6.07 Å². The molecule has 1 aromatic heterocycles. The smallest absolute Gasteiger partial charge is 0.199 e. The molecule has 0 aliphatic heterocycles. The topological polar surface area (TPSA) is 50.7 Å². The van der Waals surface area contributed by atoms with Gasteiger partial charge in [-0.25, -0.2) is 0 Å². The summed E-state index contributed by atoms with van der Waals surface area (Å²) in [5, 5.41) is 19.6. The van der Waals surface area contributed by atoms with Gasteiger partial charge in [-0.3, -0.25) is 0 Å². The van der Waals surface area contributed by atoms with Crippen molar-refractivity contribution in [2.45, 2.75) is 6.92 Å². The first kappa shape index (κ1) is 7.83. The van der Waals surface area contributed by atoms with Crippen molar-refractivity contribution in [2.24, 2.45) is 0 Å². The third-order valence-electron chi connectivity index (χ3n) is 1.28. The first-order valence-electron chi connectivity index (χ1n) is 2.94. The molecule has 1 heterocycles. The van der Waals surface area contributed by atoms with Gasteiger partial charge in [0.15, 0.2) is 12.4 Å². The highest BCUT2D eigenvalue weighted by atomic mass is 35.5. The van der Waals surface area contributed by atoms with Crippen LogP contribution < -0.4 is 4.73 Å². The largest absolute Gasteiger partial charge is 0.619 e. The molecular weight excluding hydrogens is 164 g/mol. The van der Waals surface area contributed by atoms with Crippen LogP contribution in [0.15, 0.2) is 12.4 Å². The zero-order chi connectivity index (χ0) is 8.43. The van der Waals surface area contributed by atoms with E-state index in [1.165, 1.54) is 6.20 Å². The van der Waals surface area contributed by atoms with Crippen LogP contribution in [0.1, 0.15) is 11.1 Å². The van der Waals surface area contributed by atoms with Gasteiger partial charge in [0.1, 0.15) is 11.6 Å². The molecule has 1 aromatic rings. The molecule has 3 nitrogen and oxygen atoms in total. The lowest BCUT2D eigenvalue weighted by Crippen LogP contribution is -2.25. The van der Waals surface area contributed by atoms with Gasteiger partial charge in [0.05, 0.1) is 5.02 Å². The molecule has 0 fully saturated rings. The SMILES string of the molecule is Cc1c[n+]([O-])cc(C#N)c1Cl. The molecule has 4 heteroatoms. The van der Waals surface area contributed by atoms with Gasteiger partial charge in [0, 0.05) is 5.56 Å². The number of halogens is 1. The second kappa shape index (κ2) is 2.77. The minimum Gasteiger partial charge on any atom is -0.619 e. The fourth-order valence-electron chi connectivity index (χ4n) is 0.759. The van der Waals surface area contributed by atoms with Gasteiger partial charge < -0.3 is 5.21 Å². The Balaban J connectivity index is 3.39. The number of hydrogen-bond acceptors (Lipinski definition) is 2. The molecule has 1 rings (SSSR count). The summed E-state index contributed by atoms with van der Waals surface area (Å²) in [7, 11) is 0. The third-order valence-corrected chi connectivity index (χ3v) is 1.78. The van der Waals surface area contributed by atoms with Crippen molar-refractivity contribution in [3.8, 4) is 6.07 Å². The Labute approximate surface area is 69.0 Å². The van der Waals surface area contributed by atoms with Crippen LogP contribution in [0.3, 0.4) is 0 Å². The van der Waals surface area contributed by atoms with Gasteiger partial charge in [0.2, 0.25) is 0 Å². The quantitative estimate of drug-likeness (QED) is 0.431. The van der Waals surface area contributed by atoms with Crippen LogP contribution >= 0.6 is 11.6 Å². The summed E-state index contributed by atoms with van der Waals surface area (Å²) in [6.45, 7) is 1.68. The predicted octanol–water partition coefficient (Wildman–Crippen LogP) is 1.15. The molecule has 0 radical (unpaired) electrons. The van der Waals surface area contributed by atoms with E-state index in [0.717, 1.165) is 6.20 Å². The monoisotopic (exact) mass is 168 g/mol. The molecule has 0 aliphatic rings. The lowest BCUT2D eigenvalue weighted by atomic mass is 10.2. The van der Waals surface area contributed by atoms with Gasteiger partial charge in [0.25, 0.3) is 0 Å². The third kappa shape index (κ3) is 1.41. The predicted molar refractivity (Wildman–Crippen MR) is 39.9 cm³/mol. The molecule has 0 amide bonds. The van der Waals surface area contributed by atoms with Crippen molar-refractivity contribution in [3.05, 3.63) is 33.8 Å². The molecule has 11 heavy (non-hydrogen) atoms. The zero-order valence-corrected chi connectivity index (χ0v) is 6.59. The van der Waals surface area contributed by atoms with E-state index in [1.54, 1.807) is 6.92 Å². The van der Waals surface area contributed by atoms with Crippen LogP contribution in [0.5, 0.6) is 0 Å². The molecule has 0 spiro atoms. The van der Waals surface area contributed by atoms with E-state index in [-0.39, 0.29) is 5.56 Å². The average Bonchev–Trinajstić information content (AvgIpc) is 1.96. The maximum atomic E-state index is 10.7. The Hall–Kier alpha value is -1.27. The molecule has 0 bridgehead atoms. The molecule has 0 N–H and O–H groups in total. The molecule has 0 aromatic carbocycles. The van der Waals surface area contributed by atoms with Crippen LogP contribution in [0.2, 0.25) is 5.02 Å². The maximum absolute atomic E-state index is 10.7. The summed E-state index contributed by atoms with van der Waals surface area (Å²) in [5.74, 6) is 0. The van der Waals surface area contributed by atoms with Crippen molar-refractivity contribution in [1.29, 1.82) is 5.26 Å². The Kier molecular flexibility index (Phi) is 1.97. The Morgan fingerprint density at radius 3 is 2.82 bits per heavy atom. The fourth-order valence-corrected chi connectivity index (χ4v) is 0.899. The number of aryl methyl sites for hydroxylation is 1. The van der Waals surface area contributed by atoms with E-state index >= 15 is 0 Å². The summed E-state index contributed by atoms with van der Waals surface area (Å²) in [4.78, 5) is 0. The Bertz CT molecular complexity index is 330. The van der Waals surface area contributed by atoms with Crippen molar-refractivity contribution in [3.63, 3.8) is 0 Å². The van der Waals surface area contributed by atoms with E-state index in [2.05, 4.69) is 0 Å². The van der Waals surface area contributed by atoms with E-state index in [4.69, 9.17) is 16.9 Å². The van der Waals surface area contributed by atoms with Crippen LogP contribution in [0.4, 0.5) is 0 Å². The van der Waals surface area contributed by atoms with Crippen molar-refractivity contribution in [2.75, 3.05) is 0 Å². The number of hydrogen-bond donors (Lipinski definition) is 0. The molecule has 0 saturated carbocycles. The highest BCUT2D eigenvalue weighted by Gasteiger charge is 2.07.